The number of unbranched alkanes of at least 4 members (excludes halogenated alkanes) is 1. The van der Waals surface area contributed by atoms with E-state index in [1.54, 1.807) is 0 Å². The number of aliphatic carboxylic acids is 1. The molecule has 8 heteroatoms. The van der Waals surface area contributed by atoms with Gasteiger partial charge in [0.1, 0.15) is 0 Å². The quantitative estimate of drug-likeness (QED) is 0.711. The molecule has 0 aliphatic heterocycles. The van der Waals surface area contributed by atoms with Gasteiger partial charge in [-0.05, 0) is 24.4 Å². The van der Waals surface area contributed by atoms with E-state index >= 15 is 0 Å². The Morgan fingerprint density at radius 1 is 1.41 bits per heavy atom. The van der Waals surface area contributed by atoms with Crippen LogP contribution in [0.4, 0.5) is 5.95 Å². The first-order chi connectivity index (χ1) is 8.11. The second-order valence-corrected chi connectivity index (χ2v) is 3.53. The molecular weight excluding hydrogens is 248 g/mol. The van der Waals surface area contributed by atoms with E-state index in [1.807, 2.05) is 0 Å². The van der Waals surface area contributed by atoms with Gasteiger partial charge in [-0.25, -0.2) is 0 Å². The molecule has 7 nitrogen and oxygen atoms in total. The molecule has 0 saturated heterocycles. The van der Waals surface area contributed by atoms with Gasteiger partial charge in [0.15, 0.2) is 0 Å². The molecule has 0 atom stereocenters. The van der Waals surface area contributed by atoms with E-state index in [1.165, 1.54) is 7.11 Å². The molecule has 1 aromatic rings. The molecule has 0 fully saturated rings. The van der Waals surface area contributed by atoms with Crippen LogP contribution in [-0.4, -0.2) is 39.7 Å². The number of methoxy groups -OCH3 is 1. The van der Waals surface area contributed by atoms with Gasteiger partial charge in [0, 0.05) is 13.0 Å². The van der Waals surface area contributed by atoms with Crippen LogP contribution in [-0.2, 0) is 4.79 Å². The minimum atomic E-state index is -0.796. The van der Waals surface area contributed by atoms with Gasteiger partial charge in [-0.3, -0.25) is 4.79 Å². The standard InChI is InChI=1S/C9H13ClN4O3/c1-17-9-13-7(10)12-8(14-9)11-5-3-2-4-6(15)16/h2-5H2,1H3,(H,15,16)(H,11,12,13,14). The van der Waals surface area contributed by atoms with Crippen LogP contribution in [0.5, 0.6) is 6.01 Å². The first kappa shape index (κ1) is 13.4. The third-order valence-corrected chi connectivity index (χ3v) is 2.04. The van der Waals surface area contributed by atoms with Crippen LogP contribution in [0.25, 0.3) is 0 Å². The van der Waals surface area contributed by atoms with Crippen molar-refractivity contribution in [2.75, 3.05) is 19.0 Å². The summed E-state index contributed by atoms with van der Waals surface area (Å²) < 4.78 is 4.83. The van der Waals surface area contributed by atoms with Crippen LogP contribution in [0.3, 0.4) is 0 Å². The van der Waals surface area contributed by atoms with Crippen LogP contribution >= 0.6 is 11.6 Å². The smallest absolute Gasteiger partial charge is 0.322 e. The van der Waals surface area contributed by atoms with Gasteiger partial charge < -0.3 is 15.2 Å². The van der Waals surface area contributed by atoms with E-state index in [9.17, 15) is 4.79 Å². The van der Waals surface area contributed by atoms with E-state index in [2.05, 4.69) is 20.3 Å². The number of carboxylic acids is 1. The number of aromatic nitrogens is 3. The van der Waals surface area contributed by atoms with E-state index in [-0.39, 0.29) is 17.7 Å². The average molecular weight is 261 g/mol. The molecule has 0 bridgehead atoms. The van der Waals surface area contributed by atoms with Gasteiger partial charge in [-0.1, -0.05) is 0 Å². The third-order valence-electron chi connectivity index (χ3n) is 1.87. The summed E-state index contributed by atoms with van der Waals surface area (Å²) in [5, 5.41) is 11.4. The van der Waals surface area contributed by atoms with E-state index in [0.717, 1.165) is 0 Å². The van der Waals surface area contributed by atoms with Crippen LogP contribution < -0.4 is 10.1 Å². The zero-order valence-corrected chi connectivity index (χ0v) is 10.1. The topological polar surface area (TPSA) is 97.2 Å². The molecule has 0 unspecified atom stereocenters. The van der Waals surface area contributed by atoms with Gasteiger partial charge in [-0.2, -0.15) is 15.0 Å². The molecule has 0 aliphatic carbocycles. The minimum Gasteiger partial charge on any atom is -0.481 e. The summed E-state index contributed by atoms with van der Waals surface area (Å²) >= 11 is 5.65. The summed E-state index contributed by atoms with van der Waals surface area (Å²) in [4.78, 5) is 21.8. The van der Waals surface area contributed by atoms with Crippen LogP contribution in [0.15, 0.2) is 0 Å². The Morgan fingerprint density at radius 2 is 2.18 bits per heavy atom. The van der Waals surface area contributed by atoms with Gasteiger partial charge in [0.25, 0.3) is 0 Å². The largest absolute Gasteiger partial charge is 0.481 e. The molecule has 17 heavy (non-hydrogen) atoms. The van der Waals surface area contributed by atoms with E-state index < -0.39 is 5.97 Å². The number of nitrogens with zero attached hydrogens (tertiary/aromatic N) is 3. The summed E-state index contributed by atoms with van der Waals surface area (Å²) in [6, 6.07) is 0.137. The highest BCUT2D eigenvalue weighted by molar-refractivity contribution is 6.28. The molecule has 0 aromatic carbocycles. The van der Waals surface area contributed by atoms with Gasteiger partial charge in [0.05, 0.1) is 7.11 Å². The second-order valence-electron chi connectivity index (χ2n) is 3.19. The molecule has 0 spiro atoms. The Bertz CT molecular complexity index is 389. The van der Waals surface area contributed by atoms with Crippen LogP contribution in [0, 0.1) is 0 Å². The number of hydrogen-bond donors (Lipinski definition) is 2. The number of ether oxygens (including phenoxy) is 1. The van der Waals surface area contributed by atoms with Gasteiger partial charge in [0.2, 0.25) is 11.2 Å². The minimum absolute atomic E-state index is 0.0462. The Hall–Kier alpha value is -1.63. The first-order valence-electron chi connectivity index (χ1n) is 5.03. The molecule has 94 valence electrons. The number of nitrogens with one attached hydrogen (secondary N) is 1. The van der Waals surface area contributed by atoms with Crippen molar-refractivity contribution in [3.8, 4) is 6.01 Å². The second kappa shape index (κ2) is 6.85. The third kappa shape index (κ3) is 5.30. The first-order valence-corrected chi connectivity index (χ1v) is 5.41. The molecular formula is C9H13ClN4O3. The fourth-order valence-corrected chi connectivity index (χ4v) is 1.26. The SMILES string of the molecule is COc1nc(Cl)nc(NCCCCC(=O)O)n1. The Morgan fingerprint density at radius 3 is 2.82 bits per heavy atom. The molecule has 2 N–H and O–H groups in total. The maximum atomic E-state index is 10.3. The molecule has 0 radical (unpaired) electrons. The van der Waals surface area contributed by atoms with Crippen LogP contribution in [0.2, 0.25) is 5.28 Å². The Balaban J connectivity index is 2.36. The maximum Gasteiger partial charge on any atom is 0.322 e. The van der Waals surface area contributed by atoms with E-state index in [4.69, 9.17) is 21.4 Å². The van der Waals surface area contributed by atoms with Gasteiger partial charge in [-0.15, -0.1) is 0 Å². The molecule has 0 aliphatic rings. The highest BCUT2D eigenvalue weighted by atomic mass is 35.5. The molecule has 1 aromatic heterocycles. The highest BCUT2D eigenvalue weighted by Gasteiger charge is 2.04. The number of halogens is 1. The average Bonchev–Trinajstić information content (AvgIpc) is 2.27. The van der Waals surface area contributed by atoms with Crippen molar-refractivity contribution in [2.45, 2.75) is 19.3 Å². The summed E-state index contributed by atoms with van der Waals surface area (Å²) in [7, 11) is 1.43. The fourth-order valence-electron chi connectivity index (χ4n) is 1.10. The van der Waals surface area contributed by atoms with Gasteiger partial charge >= 0.3 is 12.0 Å². The van der Waals surface area contributed by atoms with Crippen molar-refractivity contribution in [1.82, 2.24) is 15.0 Å². The molecule has 0 saturated carbocycles. The van der Waals surface area contributed by atoms with E-state index in [0.29, 0.717) is 25.3 Å². The Labute approximate surface area is 103 Å². The lowest BCUT2D eigenvalue weighted by Gasteiger charge is -2.05. The number of carboxylic acid groups (broad SMARTS) is 1. The summed E-state index contributed by atoms with van der Waals surface area (Å²) in [5.41, 5.74) is 0. The molecule has 0 amide bonds. The lowest BCUT2D eigenvalue weighted by molar-refractivity contribution is -0.137. The fraction of sp³-hybridized carbons (Fsp3) is 0.556. The predicted molar refractivity (Wildman–Crippen MR) is 61.4 cm³/mol. The lowest BCUT2D eigenvalue weighted by Crippen LogP contribution is -2.08. The van der Waals surface area contributed by atoms with Crippen LogP contribution in [0.1, 0.15) is 19.3 Å². The summed E-state index contributed by atoms with van der Waals surface area (Å²) in [6.07, 6.45) is 1.46. The summed E-state index contributed by atoms with van der Waals surface area (Å²) in [5.74, 6) is -0.480. The van der Waals surface area contributed by atoms with Crippen molar-refractivity contribution in [1.29, 1.82) is 0 Å². The van der Waals surface area contributed by atoms with Crippen molar-refractivity contribution in [3.63, 3.8) is 0 Å². The lowest BCUT2D eigenvalue weighted by atomic mass is 10.2. The number of anilines is 1. The maximum absolute atomic E-state index is 10.3. The number of carbonyl (C=O) groups is 1. The zero-order chi connectivity index (χ0) is 12.7. The summed E-state index contributed by atoms with van der Waals surface area (Å²) in [6.45, 7) is 0.566. The number of rotatable bonds is 7. The highest BCUT2D eigenvalue weighted by Crippen LogP contribution is 2.10. The zero-order valence-electron chi connectivity index (χ0n) is 9.31. The normalized spacial score (nSPS) is 10.0. The molecule has 1 rings (SSSR count). The van der Waals surface area contributed by atoms with Crippen molar-refractivity contribution >= 4 is 23.5 Å². The molecule has 1 heterocycles. The monoisotopic (exact) mass is 260 g/mol. The predicted octanol–water partition coefficient (Wildman–Crippen LogP) is 1.20. The number of hydrogen-bond acceptors (Lipinski definition) is 6. The van der Waals surface area contributed by atoms with Crippen molar-refractivity contribution in [3.05, 3.63) is 5.28 Å². The van der Waals surface area contributed by atoms with Crippen molar-refractivity contribution in [2.24, 2.45) is 0 Å². The Kier molecular flexibility index (Phi) is 5.41. The van der Waals surface area contributed by atoms with Crippen molar-refractivity contribution < 1.29 is 14.6 Å².